The number of ether oxygens (including phenoxy) is 1. The van der Waals surface area contributed by atoms with E-state index in [9.17, 15) is 9.59 Å². The van der Waals surface area contributed by atoms with Crippen molar-refractivity contribution >= 4 is 17.8 Å². The molecular formula is C22H33N3O5. The van der Waals surface area contributed by atoms with Crippen LogP contribution in [0.25, 0.3) is 0 Å². The van der Waals surface area contributed by atoms with Gasteiger partial charge < -0.3 is 25.0 Å². The number of rotatable bonds is 7. The van der Waals surface area contributed by atoms with E-state index in [1.54, 1.807) is 12.0 Å². The van der Waals surface area contributed by atoms with Crippen LogP contribution in [0.4, 0.5) is 0 Å². The van der Waals surface area contributed by atoms with Gasteiger partial charge in [-0.2, -0.15) is 0 Å². The molecule has 0 aromatic heterocycles. The van der Waals surface area contributed by atoms with Crippen LogP contribution in [0.5, 0.6) is 0 Å². The lowest BCUT2D eigenvalue weighted by Gasteiger charge is -2.42. The van der Waals surface area contributed by atoms with E-state index in [1.807, 2.05) is 35.2 Å². The highest BCUT2D eigenvalue weighted by Gasteiger charge is 2.39. The van der Waals surface area contributed by atoms with E-state index in [2.05, 4.69) is 5.32 Å². The average Bonchev–Trinajstić information content (AvgIpc) is 2.73. The molecule has 166 valence electrons. The first-order valence-corrected chi connectivity index (χ1v) is 10.4. The minimum Gasteiger partial charge on any atom is -0.481 e. The molecule has 0 unspecified atom stereocenters. The molecule has 2 amide bonds. The predicted molar refractivity (Wildman–Crippen MR) is 113 cm³/mol. The van der Waals surface area contributed by atoms with Gasteiger partial charge >= 0.3 is 0 Å². The molecule has 0 aliphatic carbocycles. The van der Waals surface area contributed by atoms with Gasteiger partial charge in [0.2, 0.25) is 11.8 Å². The summed E-state index contributed by atoms with van der Waals surface area (Å²) in [6.45, 7) is 4.78. The summed E-state index contributed by atoms with van der Waals surface area (Å²) in [7, 11) is 1.61. The molecule has 2 fully saturated rings. The van der Waals surface area contributed by atoms with E-state index < -0.39 is 12.0 Å². The van der Waals surface area contributed by atoms with Crippen molar-refractivity contribution in [3.8, 4) is 0 Å². The molecule has 0 radical (unpaired) electrons. The minimum atomic E-state index is -0.833. The maximum absolute atomic E-state index is 13.1. The zero-order valence-corrected chi connectivity index (χ0v) is 17.9. The zero-order valence-electron chi connectivity index (χ0n) is 17.9. The second-order valence-corrected chi connectivity index (χ2v) is 7.74. The molecule has 1 aromatic carbocycles. The Morgan fingerprint density at radius 3 is 2.57 bits per heavy atom. The Bertz CT molecular complexity index is 687. The number of hydrogen-bond donors (Lipinski definition) is 2. The van der Waals surface area contributed by atoms with Crippen molar-refractivity contribution in [2.75, 3.05) is 46.4 Å². The normalized spacial score (nSPS) is 21.8. The first kappa shape index (κ1) is 23.8. The van der Waals surface area contributed by atoms with E-state index in [4.69, 9.17) is 14.6 Å². The lowest BCUT2D eigenvalue weighted by Crippen LogP contribution is -2.62. The quantitative estimate of drug-likeness (QED) is 0.684. The molecule has 2 saturated heterocycles. The average molecular weight is 420 g/mol. The number of piperidine rings is 1. The van der Waals surface area contributed by atoms with E-state index in [-0.39, 0.29) is 18.4 Å². The van der Waals surface area contributed by atoms with Crippen LogP contribution in [0.2, 0.25) is 0 Å². The van der Waals surface area contributed by atoms with E-state index >= 15 is 0 Å². The number of carboxylic acid groups (broad SMARTS) is 1. The topological polar surface area (TPSA) is 99.2 Å². The highest BCUT2D eigenvalue weighted by Crippen LogP contribution is 2.21. The molecule has 8 nitrogen and oxygen atoms in total. The Labute approximate surface area is 178 Å². The standard InChI is InChI=1S/C20H29N3O3.C2H4O2/c1-26-11-10-22-15-19(24)23(14-17-8-5-9-21-13-17)18(20(22)25)12-16-6-3-2-4-7-16;1-2(3)4/h2-4,6-7,17-18,21H,5,8-15H2,1H3;1H3,(H,3,4)/t17-,18+;/m0./s1. The highest BCUT2D eigenvalue weighted by molar-refractivity contribution is 5.95. The van der Waals surface area contributed by atoms with E-state index in [0.29, 0.717) is 32.0 Å². The fraction of sp³-hybridized carbons (Fsp3) is 0.591. The molecule has 2 heterocycles. The number of benzene rings is 1. The highest BCUT2D eigenvalue weighted by atomic mass is 16.5. The van der Waals surface area contributed by atoms with Crippen LogP contribution in [-0.2, 0) is 25.5 Å². The second kappa shape index (κ2) is 12.3. The molecular weight excluding hydrogens is 386 g/mol. The molecule has 8 heteroatoms. The van der Waals surface area contributed by atoms with Crippen LogP contribution >= 0.6 is 0 Å². The Morgan fingerprint density at radius 2 is 1.97 bits per heavy atom. The largest absolute Gasteiger partial charge is 0.481 e. The van der Waals surface area contributed by atoms with Gasteiger partial charge in [-0.05, 0) is 37.4 Å². The summed E-state index contributed by atoms with van der Waals surface area (Å²) < 4.78 is 5.10. The summed E-state index contributed by atoms with van der Waals surface area (Å²) in [6, 6.07) is 9.54. The van der Waals surface area contributed by atoms with Gasteiger partial charge in [-0.15, -0.1) is 0 Å². The van der Waals surface area contributed by atoms with Crippen molar-refractivity contribution in [2.45, 2.75) is 32.2 Å². The third-order valence-corrected chi connectivity index (χ3v) is 5.31. The van der Waals surface area contributed by atoms with Gasteiger partial charge in [0, 0.05) is 33.5 Å². The van der Waals surface area contributed by atoms with Gasteiger partial charge in [0.25, 0.3) is 5.97 Å². The van der Waals surface area contributed by atoms with Gasteiger partial charge in [-0.25, -0.2) is 0 Å². The summed E-state index contributed by atoms with van der Waals surface area (Å²) in [5.74, 6) is -0.328. The van der Waals surface area contributed by atoms with Crippen molar-refractivity contribution in [1.29, 1.82) is 0 Å². The fourth-order valence-corrected chi connectivity index (χ4v) is 3.86. The number of piperazine rings is 1. The van der Waals surface area contributed by atoms with E-state index in [0.717, 1.165) is 38.4 Å². The summed E-state index contributed by atoms with van der Waals surface area (Å²) >= 11 is 0. The van der Waals surface area contributed by atoms with Crippen LogP contribution in [0.1, 0.15) is 25.3 Å². The molecule has 2 atom stereocenters. The van der Waals surface area contributed by atoms with Gasteiger partial charge in [0.15, 0.2) is 0 Å². The van der Waals surface area contributed by atoms with Gasteiger partial charge in [-0.3, -0.25) is 14.4 Å². The van der Waals surface area contributed by atoms with Crippen LogP contribution in [0.3, 0.4) is 0 Å². The number of carboxylic acids is 1. The van der Waals surface area contributed by atoms with E-state index in [1.165, 1.54) is 0 Å². The lowest BCUT2D eigenvalue weighted by molar-refractivity contribution is -0.157. The Hall–Kier alpha value is -2.45. The molecule has 0 saturated carbocycles. The smallest absolute Gasteiger partial charge is 0.300 e. The molecule has 0 bridgehead atoms. The third-order valence-electron chi connectivity index (χ3n) is 5.31. The summed E-state index contributed by atoms with van der Waals surface area (Å²) in [4.78, 5) is 38.4. The lowest BCUT2D eigenvalue weighted by atomic mass is 9.95. The van der Waals surface area contributed by atoms with Crippen molar-refractivity contribution in [2.24, 2.45) is 5.92 Å². The second-order valence-electron chi connectivity index (χ2n) is 7.74. The Balaban J connectivity index is 0.000000735. The van der Waals surface area contributed by atoms with Crippen LogP contribution in [0.15, 0.2) is 30.3 Å². The number of nitrogens with one attached hydrogen (secondary N) is 1. The van der Waals surface area contributed by atoms with Crippen LogP contribution in [0, 0.1) is 5.92 Å². The minimum absolute atomic E-state index is 0.0364. The number of hydrogen-bond acceptors (Lipinski definition) is 5. The third kappa shape index (κ3) is 7.42. The number of carbonyl (C=O) groups excluding carboxylic acids is 2. The first-order valence-electron chi connectivity index (χ1n) is 10.4. The zero-order chi connectivity index (χ0) is 21.9. The molecule has 2 N–H and O–H groups in total. The summed E-state index contributed by atoms with van der Waals surface area (Å²) in [5.41, 5.74) is 1.08. The number of nitrogens with zero attached hydrogens (tertiary/aromatic N) is 2. The van der Waals surface area contributed by atoms with Gasteiger partial charge in [0.05, 0.1) is 13.2 Å². The van der Waals surface area contributed by atoms with Crippen molar-refractivity contribution in [3.05, 3.63) is 35.9 Å². The number of amides is 2. The van der Waals surface area contributed by atoms with Crippen LogP contribution in [-0.4, -0.2) is 85.2 Å². The molecule has 0 spiro atoms. The van der Waals surface area contributed by atoms with Gasteiger partial charge in [-0.1, -0.05) is 30.3 Å². The fourth-order valence-electron chi connectivity index (χ4n) is 3.86. The molecule has 30 heavy (non-hydrogen) atoms. The number of aliphatic carboxylic acids is 1. The predicted octanol–water partition coefficient (Wildman–Crippen LogP) is 1.01. The van der Waals surface area contributed by atoms with Crippen molar-refractivity contribution in [1.82, 2.24) is 15.1 Å². The Morgan fingerprint density at radius 1 is 1.27 bits per heavy atom. The SMILES string of the molecule is CC(=O)O.COCCN1CC(=O)N(C[C@H]2CCCNC2)[C@H](Cc2ccccc2)C1=O. The Kier molecular flexibility index (Phi) is 9.76. The van der Waals surface area contributed by atoms with Crippen LogP contribution < -0.4 is 5.32 Å². The van der Waals surface area contributed by atoms with Crippen molar-refractivity contribution in [3.63, 3.8) is 0 Å². The molecule has 2 aliphatic heterocycles. The van der Waals surface area contributed by atoms with Gasteiger partial charge in [0.1, 0.15) is 6.04 Å². The summed E-state index contributed by atoms with van der Waals surface area (Å²) in [5, 5.41) is 10.8. The molecule has 3 rings (SSSR count). The molecule has 1 aromatic rings. The molecule has 2 aliphatic rings. The summed E-state index contributed by atoms with van der Waals surface area (Å²) in [6.07, 6.45) is 2.80. The number of methoxy groups -OCH3 is 1. The maximum atomic E-state index is 13.1. The maximum Gasteiger partial charge on any atom is 0.300 e. The monoisotopic (exact) mass is 419 g/mol. The van der Waals surface area contributed by atoms with Crippen molar-refractivity contribution < 1.29 is 24.2 Å². The number of carbonyl (C=O) groups is 3. The first-order chi connectivity index (χ1) is 14.4.